The van der Waals surface area contributed by atoms with Crippen molar-refractivity contribution in [3.63, 3.8) is 0 Å². The van der Waals surface area contributed by atoms with Crippen LogP contribution in [0.4, 0.5) is 0 Å². The van der Waals surface area contributed by atoms with Crippen LogP contribution < -0.4 is 5.32 Å². The van der Waals surface area contributed by atoms with Gasteiger partial charge in [-0.25, -0.2) is 9.67 Å². The standard InChI is InChI=1S/C11H20N4/c1-3-15-10(12-9-14-15)8-13-11(2)6-4-5-7-11/h9,13H,3-8H2,1-2H3. The summed E-state index contributed by atoms with van der Waals surface area (Å²) >= 11 is 0. The van der Waals surface area contributed by atoms with Crippen LogP contribution in [0, 0.1) is 0 Å². The second-order valence-electron chi connectivity index (χ2n) is 4.61. The molecule has 1 N–H and O–H groups in total. The van der Waals surface area contributed by atoms with Crippen LogP contribution in [0.2, 0.25) is 0 Å². The predicted molar refractivity (Wildman–Crippen MR) is 59.4 cm³/mol. The second kappa shape index (κ2) is 4.31. The Morgan fingerprint density at radius 1 is 1.47 bits per heavy atom. The summed E-state index contributed by atoms with van der Waals surface area (Å²) in [6.07, 6.45) is 6.91. The number of hydrogen-bond donors (Lipinski definition) is 1. The van der Waals surface area contributed by atoms with Crippen LogP contribution >= 0.6 is 0 Å². The molecule has 15 heavy (non-hydrogen) atoms. The van der Waals surface area contributed by atoms with Crippen molar-refractivity contribution in [2.45, 2.75) is 58.2 Å². The summed E-state index contributed by atoms with van der Waals surface area (Å²) in [6.45, 7) is 6.14. The van der Waals surface area contributed by atoms with E-state index in [4.69, 9.17) is 0 Å². The van der Waals surface area contributed by atoms with Crippen LogP contribution in [-0.2, 0) is 13.1 Å². The molecule has 4 heteroatoms. The van der Waals surface area contributed by atoms with Gasteiger partial charge >= 0.3 is 0 Å². The smallest absolute Gasteiger partial charge is 0.140 e. The lowest BCUT2D eigenvalue weighted by molar-refractivity contribution is 0.353. The van der Waals surface area contributed by atoms with Gasteiger partial charge in [-0.05, 0) is 26.7 Å². The Morgan fingerprint density at radius 3 is 2.87 bits per heavy atom. The molecular weight excluding hydrogens is 188 g/mol. The van der Waals surface area contributed by atoms with E-state index in [0.29, 0.717) is 5.54 Å². The molecule has 1 saturated carbocycles. The molecule has 1 fully saturated rings. The van der Waals surface area contributed by atoms with Gasteiger partial charge in [0, 0.05) is 12.1 Å². The molecule has 1 aromatic heterocycles. The van der Waals surface area contributed by atoms with E-state index in [9.17, 15) is 0 Å². The summed E-state index contributed by atoms with van der Waals surface area (Å²) < 4.78 is 1.95. The fourth-order valence-corrected chi connectivity index (χ4v) is 2.31. The van der Waals surface area contributed by atoms with Crippen molar-refractivity contribution in [1.29, 1.82) is 0 Å². The molecule has 1 aromatic rings. The molecular formula is C11H20N4. The van der Waals surface area contributed by atoms with Gasteiger partial charge in [0.05, 0.1) is 6.54 Å². The van der Waals surface area contributed by atoms with Crippen LogP contribution in [0.25, 0.3) is 0 Å². The molecule has 0 bridgehead atoms. The van der Waals surface area contributed by atoms with Gasteiger partial charge in [0.2, 0.25) is 0 Å². The van der Waals surface area contributed by atoms with Crippen LogP contribution in [0.3, 0.4) is 0 Å². The summed E-state index contributed by atoms with van der Waals surface area (Å²) in [4.78, 5) is 4.27. The first-order valence-electron chi connectivity index (χ1n) is 5.85. The average Bonchev–Trinajstić information content (AvgIpc) is 2.84. The zero-order valence-electron chi connectivity index (χ0n) is 9.66. The van der Waals surface area contributed by atoms with Crippen molar-refractivity contribution in [3.8, 4) is 0 Å². The topological polar surface area (TPSA) is 42.7 Å². The maximum atomic E-state index is 4.27. The predicted octanol–water partition coefficient (Wildman–Crippen LogP) is 1.72. The molecule has 0 aliphatic heterocycles. The van der Waals surface area contributed by atoms with Gasteiger partial charge in [0.15, 0.2) is 0 Å². The van der Waals surface area contributed by atoms with E-state index in [0.717, 1.165) is 18.9 Å². The fraction of sp³-hybridized carbons (Fsp3) is 0.818. The van der Waals surface area contributed by atoms with Gasteiger partial charge in [-0.15, -0.1) is 0 Å². The number of hydrogen-bond acceptors (Lipinski definition) is 3. The first kappa shape index (κ1) is 10.6. The maximum Gasteiger partial charge on any atom is 0.140 e. The lowest BCUT2D eigenvalue weighted by atomic mass is 10.0. The Bertz CT molecular complexity index is 312. The third kappa shape index (κ3) is 2.37. The zero-order valence-corrected chi connectivity index (χ0v) is 9.66. The van der Waals surface area contributed by atoms with Crippen molar-refractivity contribution in [3.05, 3.63) is 12.2 Å². The van der Waals surface area contributed by atoms with E-state index < -0.39 is 0 Å². The number of aryl methyl sites for hydroxylation is 1. The molecule has 0 atom stereocenters. The summed E-state index contributed by atoms with van der Waals surface area (Å²) in [5.74, 6) is 1.05. The van der Waals surface area contributed by atoms with Crippen LogP contribution in [0.5, 0.6) is 0 Å². The van der Waals surface area contributed by atoms with Gasteiger partial charge in [0.1, 0.15) is 12.2 Å². The van der Waals surface area contributed by atoms with Crippen LogP contribution in [0.15, 0.2) is 6.33 Å². The summed E-state index contributed by atoms with van der Waals surface area (Å²) in [7, 11) is 0. The molecule has 0 amide bonds. The van der Waals surface area contributed by atoms with Crippen molar-refractivity contribution >= 4 is 0 Å². The van der Waals surface area contributed by atoms with Crippen molar-refractivity contribution in [1.82, 2.24) is 20.1 Å². The van der Waals surface area contributed by atoms with Crippen LogP contribution in [0.1, 0.15) is 45.4 Å². The Labute approximate surface area is 91.1 Å². The minimum Gasteiger partial charge on any atom is -0.305 e. The lowest BCUT2D eigenvalue weighted by Gasteiger charge is -2.25. The van der Waals surface area contributed by atoms with Gasteiger partial charge < -0.3 is 5.32 Å². The maximum absolute atomic E-state index is 4.27. The van der Waals surface area contributed by atoms with Crippen molar-refractivity contribution in [2.75, 3.05) is 0 Å². The van der Waals surface area contributed by atoms with Crippen LogP contribution in [-0.4, -0.2) is 20.3 Å². The van der Waals surface area contributed by atoms with E-state index in [1.165, 1.54) is 25.7 Å². The Balaban J connectivity index is 1.92. The van der Waals surface area contributed by atoms with Crippen molar-refractivity contribution < 1.29 is 0 Å². The molecule has 2 rings (SSSR count). The molecule has 0 saturated heterocycles. The SMILES string of the molecule is CCn1ncnc1CNC1(C)CCCC1. The molecule has 0 spiro atoms. The highest BCUT2D eigenvalue weighted by Gasteiger charge is 2.27. The van der Waals surface area contributed by atoms with Gasteiger partial charge in [-0.2, -0.15) is 5.10 Å². The fourth-order valence-electron chi connectivity index (χ4n) is 2.31. The van der Waals surface area contributed by atoms with Gasteiger partial charge in [0.25, 0.3) is 0 Å². The van der Waals surface area contributed by atoms with Gasteiger partial charge in [-0.3, -0.25) is 0 Å². The first-order chi connectivity index (χ1) is 7.23. The molecule has 1 aliphatic rings. The number of aromatic nitrogens is 3. The molecule has 1 heterocycles. The molecule has 0 aromatic carbocycles. The quantitative estimate of drug-likeness (QED) is 0.819. The monoisotopic (exact) mass is 208 g/mol. The number of nitrogens with zero attached hydrogens (tertiary/aromatic N) is 3. The molecule has 0 unspecified atom stereocenters. The molecule has 0 radical (unpaired) electrons. The van der Waals surface area contributed by atoms with E-state index in [1.54, 1.807) is 6.33 Å². The summed E-state index contributed by atoms with van der Waals surface area (Å²) in [5, 5.41) is 7.78. The second-order valence-corrected chi connectivity index (χ2v) is 4.61. The minimum atomic E-state index is 0.324. The first-order valence-corrected chi connectivity index (χ1v) is 5.85. The van der Waals surface area contributed by atoms with Crippen molar-refractivity contribution in [2.24, 2.45) is 0 Å². The molecule has 4 nitrogen and oxygen atoms in total. The molecule has 84 valence electrons. The Morgan fingerprint density at radius 2 is 2.20 bits per heavy atom. The number of nitrogens with one attached hydrogen (secondary N) is 1. The third-order valence-electron chi connectivity index (χ3n) is 3.38. The largest absolute Gasteiger partial charge is 0.305 e. The minimum absolute atomic E-state index is 0.324. The number of rotatable bonds is 4. The van der Waals surface area contributed by atoms with E-state index in [2.05, 4.69) is 29.2 Å². The van der Waals surface area contributed by atoms with E-state index in [-0.39, 0.29) is 0 Å². The Hall–Kier alpha value is -0.900. The zero-order chi connectivity index (χ0) is 10.7. The summed E-state index contributed by atoms with van der Waals surface area (Å²) in [6, 6.07) is 0. The lowest BCUT2D eigenvalue weighted by Crippen LogP contribution is -2.39. The van der Waals surface area contributed by atoms with E-state index >= 15 is 0 Å². The third-order valence-corrected chi connectivity index (χ3v) is 3.38. The normalized spacial score (nSPS) is 19.6. The highest BCUT2D eigenvalue weighted by molar-refractivity contribution is 4.92. The average molecular weight is 208 g/mol. The highest BCUT2D eigenvalue weighted by atomic mass is 15.3. The van der Waals surface area contributed by atoms with E-state index in [1.807, 2.05) is 4.68 Å². The highest BCUT2D eigenvalue weighted by Crippen LogP contribution is 2.28. The summed E-state index contributed by atoms with van der Waals surface area (Å²) in [5.41, 5.74) is 0.324. The molecule has 1 aliphatic carbocycles. The van der Waals surface area contributed by atoms with Gasteiger partial charge in [-0.1, -0.05) is 12.8 Å². The Kier molecular flexibility index (Phi) is 3.05.